The van der Waals surface area contributed by atoms with Crippen molar-refractivity contribution in [3.63, 3.8) is 0 Å². The van der Waals surface area contributed by atoms with E-state index in [9.17, 15) is 4.79 Å². The molecule has 1 aromatic carbocycles. The van der Waals surface area contributed by atoms with Crippen LogP contribution in [0.25, 0.3) is 0 Å². The van der Waals surface area contributed by atoms with Crippen molar-refractivity contribution >= 4 is 5.91 Å². The van der Waals surface area contributed by atoms with E-state index in [1.54, 1.807) is 31.2 Å². The summed E-state index contributed by atoms with van der Waals surface area (Å²) in [5.41, 5.74) is 1.49. The number of ether oxygens (including phenoxy) is 2. The van der Waals surface area contributed by atoms with E-state index in [1.165, 1.54) is 12.8 Å². The maximum absolute atomic E-state index is 12.2. The first kappa shape index (κ1) is 16.4. The van der Waals surface area contributed by atoms with Gasteiger partial charge in [0.15, 0.2) is 0 Å². The summed E-state index contributed by atoms with van der Waals surface area (Å²) in [6.45, 7) is 0.403. The minimum atomic E-state index is -0.147. The molecule has 1 aromatic heterocycles. The highest BCUT2D eigenvalue weighted by Gasteiger charge is 2.19. The highest BCUT2D eigenvalue weighted by atomic mass is 16.5. The fourth-order valence-electron chi connectivity index (χ4n) is 2.92. The van der Waals surface area contributed by atoms with Gasteiger partial charge in [-0.25, -0.2) is 0 Å². The first-order valence-electron chi connectivity index (χ1n) is 8.26. The molecule has 1 fully saturated rings. The van der Waals surface area contributed by atoms with Gasteiger partial charge in [0.05, 0.1) is 25.0 Å². The van der Waals surface area contributed by atoms with E-state index in [4.69, 9.17) is 9.47 Å². The van der Waals surface area contributed by atoms with Crippen LogP contribution in [0, 0.1) is 0 Å². The number of methoxy groups -OCH3 is 1. The minimum absolute atomic E-state index is 0.147. The molecule has 0 aliphatic heterocycles. The summed E-state index contributed by atoms with van der Waals surface area (Å²) in [6.07, 6.45) is 8.09. The van der Waals surface area contributed by atoms with Gasteiger partial charge >= 0.3 is 0 Å². The maximum Gasteiger partial charge on any atom is 0.254 e. The Morgan fingerprint density at radius 1 is 1.38 bits per heavy atom. The summed E-state index contributed by atoms with van der Waals surface area (Å²) < 4.78 is 13.0. The van der Waals surface area contributed by atoms with Crippen molar-refractivity contribution < 1.29 is 14.3 Å². The molecule has 1 heterocycles. The lowest BCUT2D eigenvalue weighted by atomic mass is 10.1. The predicted octanol–water partition coefficient (Wildman–Crippen LogP) is 2.68. The molecule has 1 aliphatic rings. The van der Waals surface area contributed by atoms with Gasteiger partial charge in [0.2, 0.25) is 0 Å². The van der Waals surface area contributed by atoms with Crippen LogP contribution in [0.1, 0.15) is 41.6 Å². The lowest BCUT2D eigenvalue weighted by molar-refractivity contribution is 0.0950. The highest BCUT2D eigenvalue weighted by Crippen LogP contribution is 2.30. The number of amides is 1. The second-order valence-corrected chi connectivity index (χ2v) is 6.08. The number of aromatic nitrogens is 2. The molecular formula is C18H23N3O3. The number of benzene rings is 1. The van der Waals surface area contributed by atoms with Crippen molar-refractivity contribution in [2.75, 3.05) is 7.11 Å². The van der Waals surface area contributed by atoms with Crippen molar-refractivity contribution in [1.82, 2.24) is 15.1 Å². The Labute approximate surface area is 141 Å². The second-order valence-electron chi connectivity index (χ2n) is 6.08. The highest BCUT2D eigenvalue weighted by molar-refractivity contribution is 5.93. The van der Waals surface area contributed by atoms with E-state index in [2.05, 4.69) is 10.4 Å². The standard InChI is InChI=1S/C18H23N3O3/c1-21-12-14(11-20-21)18(22)19-10-13-7-8-16(23-2)9-17(13)24-15-5-3-4-6-15/h7-9,11-12,15H,3-6,10H2,1-2H3,(H,19,22). The Hall–Kier alpha value is -2.50. The van der Waals surface area contributed by atoms with Gasteiger partial charge < -0.3 is 14.8 Å². The third-order valence-electron chi connectivity index (χ3n) is 4.28. The fraction of sp³-hybridized carbons (Fsp3) is 0.444. The van der Waals surface area contributed by atoms with Crippen LogP contribution in [0.2, 0.25) is 0 Å². The Morgan fingerprint density at radius 2 is 2.17 bits per heavy atom. The topological polar surface area (TPSA) is 65.4 Å². The zero-order chi connectivity index (χ0) is 16.9. The zero-order valence-electron chi connectivity index (χ0n) is 14.1. The van der Waals surface area contributed by atoms with Gasteiger partial charge in [-0.2, -0.15) is 5.10 Å². The number of nitrogens with one attached hydrogen (secondary N) is 1. The molecule has 2 aromatic rings. The smallest absolute Gasteiger partial charge is 0.254 e. The van der Waals surface area contributed by atoms with Gasteiger partial charge in [-0.15, -0.1) is 0 Å². The molecule has 0 bridgehead atoms. The first-order valence-corrected chi connectivity index (χ1v) is 8.26. The van der Waals surface area contributed by atoms with Crippen molar-refractivity contribution in [1.29, 1.82) is 0 Å². The molecule has 3 rings (SSSR count). The van der Waals surface area contributed by atoms with Crippen LogP contribution in [-0.2, 0) is 13.6 Å². The van der Waals surface area contributed by atoms with E-state index >= 15 is 0 Å². The van der Waals surface area contributed by atoms with Crippen molar-refractivity contribution in [3.8, 4) is 11.5 Å². The van der Waals surface area contributed by atoms with Crippen LogP contribution >= 0.6 is 0 Å². The molecule has 128 valence electrons. The normalized spacial score (nSPS) is 14.6. The van der Waals surface area contributed by atoms with Crippen molar-refractivity contribution in [2.24, 2.45) is 7.05 Å². The molecular weight excluding hydrogens is 306 g/mol. The maximum atomic E-state index is 12.2. The summed E-state index contributed by atoms with van der Waals surface area (Å²) in [5.74, 6) is 1.39. The molecule has 1 amide bonds. The van der Waals surface area contributed by atoms with Gasteiger partial charge in [-0.3, -0.25) is 9.48 Å². The number of hydrogen-bond donors (Lipinski definition) is 1. The Kier molecular flexibility index (Phi) is 5.03. The van der Waals surface area contributed by atoms with Gasteiger partial charge in [0.1, 0.15) is 11.5 Å². The molecule has 6 nitrogen and oxygen atoms in total. The molecule has 0 atom stereocenters. The van der Waals surface area contributed by atoms with Crippen LogP contribution in [-0.4, -0.2) is 28.9 Å². The molecule has 0 radical (unpaired) electrons. The van der Waals surface area contributed by atoms with Gasteiger partial charge in [-0.05, 0) is 37.8 Å². The van der Waals surface area contributed by atoms with Crippen molar-refractivity contribution in [3.05, 3.63) is 41.7 Å². The molecule has 0 spiro atoms. The average Bonchev–Trinajstić information content (AvgIpc) is 3.25. The first-order chi connectivity index (χ1) is 11.7. The molecule has 1 saturated carbocycles. The van der Waals surface area contributed by atoms with E-state index in [1.807, 2.05) is 18.2 Å². The Morgan fingerprint density at radius 3 is 2.83 bits per heavy atom. The summed E-state index contributed by atoms with van der Waals surface area (Å²) in [6, 6.07) is 5.71. The van der Waals surface area contributed by atoms with Gasteiger partial charge in [0.25, 0.3) is 5.91 Å². The molecule has 24 heavy (non-hydrogen) atoms. The monoisotopic (exact) mass is 329 g/mol. The number of hydrogen-bond acceptors (Lipinski definition) is 4. The van der Waals surface area contributed by atoms with E-state index < -0.39 is 0 Å². The van der Waals surface area contributed by atoms with E-state index in [0.717, 1.165) is 29.9 Å². The molecule has 0 unspecified atom stereocenters. The number of rotatable bonds is 6. The molecule has 1 N–H and O–H groups in total. The van der Waals surface area contributed by atoms with Crippen LogP contribution in [0.15, 0.2) is 30.6 Å². The summed E-state index contributed by atoms with van der Waals surface area (Å²) in [4.78, 5) is 12.2. The van der Waals surface area contributed by atoms with E-state index in [-0.39, 0.29) is 12.0 Å². The Balaban J connectivity index is 1.70. The fourth-order valence-corrected chi connectivity index (χ4v) is 2.92. The number of carbonyl (C=O) groups excluding carboxylic acids is 1. The minimum Gasteiger partial charge on any atom is -0.497 e. The summed E-state index contributed by atoms with van der Waals surface area (Å²) >= 11 is 0. The van der Waals surface area contributed by atoms with E-state index in [0.29, 0.717) is 12.1 Å². The SMILES string of the molecule is COc1ccc(CNC(=O)c2cnn(C)c2)c(OC2CCCC2)c1. The largest absolute Gasteiger partial charge is 0.497 e. The van der Waals surface area contributed by atoms with Crippen LogP contribution in [0.3, 0.4) is 0 Å². The van der Waals surface area contributed by atoms with Crippen LogP contribution < -0.4 is 14.8 Å². The third kappa shape index (κ3) is 3.88. The molecule has 0 saturated heterocycles. The second kappa shape index (κ2) is 7.38. The van der Waals surface area contributed by atoms with Gasteiger partial charge in [0, 0.05) is 31.4 Å². The quantitative estimate of drug-likeness (QED) is 0.885. The molecule has 1 aliphatic carbocycles. The summed E-state index contributed by atoms with van der Waals surface area (Å²) in [7, 11) is 3.42. The number of nitrogens with zero attached hydrogens (tertiary/aromatic N) is 2. The predicted molar refractivity (Wildman–Crippen MR) is 90.3 cm³/mol. The average molecular weight is 329 g/mol. The zero-order valence-corrected chi connectivity index (χ0v) is 14.1. The lowest BCUT2D eigenvalue weighted by Gasteiger charge is -2.17. The molecule has 6 heteroatoms. The van der Waals surface area contributed by atoms with Crippen molar-refractivity contribution in [2.45, 2.75) is 38.3 Å². The lowest BCUT2D eigenvalue weighted by Crippen LogP contribution is -2.23. The van der Waals surface area contributed by atoms with Gasteiger partial charge in [-0.1, -0.05) is 0 Å². The number of aryl methyl sites for hydroxylation is 1. The number of carbonyl (C=O) groups is 1. The Bertz CT molecular complexity index is 705. The van der Waals surface area contributed by atoms with Crippen LogP contribution in [0.4, 0.5) is 0 Å². The summed E-state index contributed by atoms with van der Waals surface area (Å²) in [5, 5.41) is 6.93. The van der Waals surface area contributed by atoms with Crippen LogP contribution in [0.5, 0.6) is 11.5 Å². The third-order valence-corrected chi connectivity index (χ3v) is 4.28.